The molecule has 2 rings (SSSR count). The third-order valence-electron chi connectivity index (χ3n) is 4.50. The molecule has 0 N–H and O–H groups in total. The van der Waals surface area contributed by atoms with Crippen LogP contribution in [-0.4, -0.2) is 29.5 Å². The van der Waals surface area contributed by atoms with Crippen molar-refractivity contribution in [1.29, 1.82) is 5.26 Å². The monoisotopic (exact) mass is 340 g/mol. The van der Waals surface area contributed by atoms with E-state index in [0.717, 1.165) is 17.6 Å². The van der Waals surface area contributed by atoms with Crippen LogP contribution in [0.1, 0.15) is 38.2 Å². The van der Waals surface area contributed by atoms with Gasteiger partial charge in [0.25, 0.3) is 0 Å². The summed E-state index contributed by atoms with van der Waals surface area (Å²) in [7, 11) is 0. The van der Waals surface area contributed by atoms with Crippen molar-refractivity contribution in [2.45, 2.75) is 45.1 Å². The van der Waals surface area contributed by atoms with E-state index in [4.69, 9.17) is 10.00 Å². The molecule has 0 aromatic heterocycles. The second kappa shape index (κ2) is 9.03. The Morgan fingerprint density at radius 2 is 2.16 bits per heavy atom. The zero-order valence-corrected chi connectivity index (χ0v) is 14.6. The largest absolute Gasteiger partial charge is 0.447 e. The van der Waals surface area contributed by atoms with Gasteiger partial charge in [-0.05, 0) is 31.2 Å². The highest BCUT2D eigenvalue weighted by Crippen LogP contribution is 2.26. The summed E-state index contributed by atoms with van der Waals surface area (Å²) in [6, 6.07) is 11.5. The van der Waals surface area contributed by atoms with Crippen LogP contribution in [0.2, 0.25) is 0 Å². The van der Waals surface area contributed by atoms with Gasteiger partial charge in [-0.1, -0.05) is 49.4 Å². The number of rotatable bonds is 8. The first-order valence-corrected chi connectivity index (χ1v) is 8.64. The summed E-state index contributed by atoms with van der Waals surface area (Å²) in [6.07, 6.45) is 1.95. The quantitative estimate of drug-likeness (QED) is 0.674. The molecule has 5 heteroatoms. The molecule has 0 radical (unpaired) electrons. The molecule has 0 spiro atoms. The minimum absolute atomic E-state index is 0.208. The van der Waals surface area contributed by atoms with Crippen molar-refractivity contribution in [3.63, 3.8) is 0 Å². The minimum Gasteiger partial charge on any atom is -0.447 e. The van der Waals surface area contributed by atoms with E-state index in [1.165, 1.54) is 4.90 Å². The maximum Gasteiger partial charge on any atom is 0.416 e. The Morgan fingerprint density at radius 3 is 2.80 bits per heavy atom. The number of amides is 2. The van der Waals surface area contributed by atoms with Gasteiger partial charge in [-0.25, -0.2) is 9.69 Å². The predicted octanol–water partition coefficient (Wildman–Crippen LogP) is 3.85. The van der Waals surface area contributed by atoms with Crippen LogP contribution in [0.25, 0.3) is 0 Å². The molecule has 1 saturated heterocycles. The maximum atomic E-state index is 13.0. The van der Waals surface area contributed by atoms with Crippen LogP contribution < -0.4 is 0 Å². The number of nitrogens with zero attached hydrogens (tertiary/aromatic N) is 2. The molecule has 0 saturated carbocycles. The van der Waals surface area contributed by atoms with Gasteiger partial charge in [0.05, 0.1) is 12.1 Å². The van der Waals surface area contributed by atoms with E-state index in [2.05, 4.69) is 12.6 Å². The van der Waals surface area contributed by atoms with Gasteiger partial charge >= 0.3 is 6.09 Å². The van der Waals surface area contributed by atoms with Crippen molar-refractivity contribution in [3.05, 3.63) is 48.0 Å². The third-order valence-corrected chi connectivity index (χ3v) is 4.50. The molecule has 132 valence electrons. The second-order valence-electron chi connectivity index (χ2n) is 6.33. The fourth-order valence-corrected chi connectivity index (χ4v) is 3.01. The van der Waals surface area contributed by atoms with Crippen LogP contribution in [0.5, 0.6) is 0 Å². The summed E-state index contributed by atoms with van der Waals surface area (Å²) < 4.78 is 5.14. The highest BCUT2D eigenvalue weighted by atomic mass is 16.6. The first-order chi connectivity index (χ1) is 12.1. The van der Waals surface area contributed by atoms with E-state index < -0.39 is 12.0 Å². The van der Waals surface area contributed by atoms with Crippen LogP contribution in [-0.2, 0) is 16.0 Å². The Morgan fingerprint density at radius 1 is 1.44 bits per heavy atom. The Bertz CT molecular complexity index is 663. The SMILES string of the molecule is C=C(CC)CC(CCC#N)C(=O)N1C(=O)OC[C@H]1Cc1ccccc1. The smallest absolute Gasteiger partial charge is 0.416 e. The third kappa shape index (κ3) is 4.93. The second-order valence-corrected chi connectivity index (χ2v) is 6.33. The van der Waals surface area contributed by atoms with E-state index in [0.29, 0.717) is 19.3 Å². The van der Waals surface area contributed by atoms with E-state index in [1.54, 1.807) is 0 Å². The van der Waals surface area contributed by atoms with Crippen LogP contribution in [0, 0.1) is 17.2 Å². The number of ether oxygens (including phenoxy) is 1. The fourth-order valence-electron chi connectivity index (χ4n) is 3.01. The van der Waals surface area contributed by atoms with Gasteiger partial charge in [-0.15, -0.1) is 0 Å². The summed E-state index contributed by atoms with van der Waals surface area (Å²) in [5.74, 6) is -0.663. The van der Waals surface area contributed by atoms with Crippen molar-refractivity contribution in [2.75, 3.05) is 6.61 Å². The van der Waals surface area contributed by atoms with Gasteiger partial charge in [0.15, 0.2) is 0 Å². The number of benzene rings is 1. The zero-order chi connectivity index (χ0) is 18.2. The van der Waals surface area contributed by atoms with E-state index in [-0.39, 0.29) is 25.0 Å². The van der Waals surface area contributed by atoms with Gasteiger partial charge in [-0.2, -0.15) is 5.26 Å². The lowest BCUT2D eigenvalue weighted by Crippen LogP contribution is -2.43. The molecule has 1 heterocycles. The molecule has 1 aliphatic heterocycles. The molecular weight excluding hydrogens is 316 g/mol. The van der Waals surface area contributed by atoms with Gasteiger partial charge < -0.3 is 4.74 Å². The highest BCUT2D eigenvalue weighted by Gasteiger charge is 2.40. The number of carbonyl (C=O) groups excluding carboxylic acids is 2. The highest BCUT2D eigenvalue weighted by molar-refractivity contribution is 5.95. The van der Waals surface area contributed by atoms with Crippen molar-refractivity contribution in [2.24, 2.45) is 5.92 Å². The fraction of sp³-hybridized carbons (Fsp3) is 0.450. The molecule has 1 unspecified atom stereocenters. The lowest BCUT2D eigenvalue weighted by molar-refractivity contribution is -0.133. The van der Waals surface area contributed by atoms with Crippen LogP contribution in [0.3, 0.4) is 0 Å². The molecule has 25 heavy (non-hydrogen) atoms. The van der Waals surface area contributed by atoms with Gasteiger partial charge in [0.1, 0.15) is 6.61 Å². The van der Waals surface area contributed by atoms with Crippen LogP contribution in [0.4, 0.5) is 4.79 Å². The number of hydrogen-bond acceptors (Lipinski definition) is 4. The Balaban J connectivity index is 2.14. The average Bonchev–Trinajstić information content (AvgIpc) is 2.98. The Labute approximate surface area is 148 Å². The Kier molecular flexibility index (Phi) is 6.76. The zero-order valence-electron chi connectivity index (χ0n) is 14.6. The average molecular weight is 340 g/mol. The standard InChI is InChI=1S/C20H24N2O3/c1-3-15(2)12-17(10-7-11-21)19(23)22-18(14-25-20(22)24)13-16-8-5-4-6-9-16/h4-6,8-9,17-18H,2-3,7,10,12-14H2,1H3/t17?,18-/m1/s1. The lowest BCUT2D eigenvalue weighted by Gasteiger charge is -2.25. The molecule has 1 aliphatic rings. The normalized spacial score (nSPS) is 17.7. The topological polar surface area (TPSA) is 70.4 Å². The minimum atomic E-state index is -0.588. The van der Waals surface area contributed by atoms with Crippen molar-refractivity contribution in [3.8, 4) is 6.07 Å². The van der Waals surface area contributed by atoms with E-state index in [9.17, 15) is 9.59 Å². The van der Waals surface area contributed by atoms with E-state index >= 15 is 0 Å². The number of imide groups is 1. The molecule has 1 aromatic rings. The van der Waals surface area contributed by atoms with E-state index in [1.807, 2.05) is 37.3 Å². The van der Waals surface area contributed by atoms with Crippen LogP contribution >= 0.6 is 0 Å². The first-order valence-electron chi connectivity index (χ1n) is 8.64. The molecule has 0 aliphatic carbocycles. The molecular formula is C20H24N2O3. The van der Waals surface area contributed by atoms with Gasteiger partial charge in [0, 0.05) is 12.3 Å². The number of carbonyl (C=O) groups is 2. The summed E-state index contributed by atoms with van der Waals surface area (Å²) in [5, 5.41) is 8.86. The summed E-state index contributed by atoms with van der Waals surface area (Å²) in [4.78, 5) is 26.4. The number of allylic oxidation sites excluding steroid dienone is 1. The maximum absolute atomic E-state index is 13.0. The molecule has 1 fully saturated rings. The summed E-state index contributed by atoms with van der Waals surface area (Å²) in [6.45, 7) is 6.16. The number of nitriles is 1. The number of cyclic esters (lactones) is 1. The summed E-state index contributed by atoms with van der Waals surface area (Å²) in [5.41, 5.74) is 2.00. The van der Waals surface area contributed by atoms with Crippen molar-refractivity contribution in [1.82, 2.24) is 4.90 Å². The number of hydrogen-bond donors (Lipinski definition) is 0. The van der Waals surface area contributed by atoms with Gasteiger partial charge in [0.2, 0.25) is 5.91 Å². The Hall–Kier alpha value is -2.61. The van der Waals surface area contributed by atoms with Gasteiger partial charge in [-0.3, -0.25) is 4.79 Å². The van der Waals surface area contributed by atoms with Crippen molar-refractivity contribution >= 4 is 12.0 Å². The first kappa shape index (κ1) is 18.7. The molecule has 0 bridgehead atoms. The summed E-state index contributed by atoms with van der Waals surface area (Å²) >= 11 is 0. The molecule has 1 aromatic carbocycles. The van der Waals surface area contributed by atoms with Crippen molar-refractivity contribution < 1.29 is 14.3 Å². The molecule has 2 amide bonds. The molecule has 2 atom stereocenters. The molecule has 5 nitrogen and oxygen atoms in total. The predicted molar refractivity (Wildman–Crippen MR) is 94.5 cm³/mol. The lowest BCUT2D eigenvalue weighted by atomic mass is 9.92. The van der Waals surface area contributed by atoms with Crippen LogP contribution in [0.15, 0.2) is 42.5 Å².